The van der Waals surface area contributed by atoms with Gasteiger partial charge in [-0.2, -0.15) is 0 Å². The normalized spacial score (nSPS) is 17.4. The number of benzene rings is 1. The lowest BCUT2D eigenvalue weighted by atomic mass is 10.1. The molecule has 1 fully saturated rings. The van der Waals surface area contributed by atoms with Gasteiger partial charge in [-0.05, 0) is 45.1 Å². The maximum Gasteiger partial charge on any atom is 0.321 e. The van der Waals surface area contributed by atoms with Crippen molar-refractivity contribution < 1.29 is 4.79 Å². The Balaban J connectivity index is 1.88. The third-order valence-corrected chi connectivity index (χ3v) is 3.49. The molecule has 0 unspecified atom stereocenters. The Morgan fingerprint density at radius 2 is 1.89 bits per heavy atom. The van der Waals surface area contributed by atoms with Gasteiger partial charge >= 0.3 is 6.03 Å². The quantitative estimate of drug-likeness (QED) is 0.866. The van der Waals surface area contributed by atoms with Crippen LogP contribution in [0.25, 0.3) is 0 Å². The zero-order valence-electron chi connectivity index (χ0n) is 11.1. The molecule has 2 amide bonds. The van der Waals surface area contributed by atoms with Crippen molar-refractivity contribution in [2.24, 2.45) is 0 Å². The van der Waals surface area contributed by atoms with Gasteiger partial charge in [0.05, 0.1) is 0 Å². The minimum Gasteiger partial charge on any atom is -0.335 e. The summed E-state index contributed by atoms with van der Waals surface area (Å²) in [5.41, 5.74) is 0.919. The molecule has 18 heavy (non-hydrogen) atoms. The summed E-state index contributed by atoms with van der Waals surface area (Å²) in [6.07, 6.45) is 2.07. The van der Waals surface area contributed by atoms with E-state index in [1.165, 1.54) is 0 Å². The molecular weight excluding hydrogens is 226 g/mol. The maximum absolute atomic E-state index is 12.1. The van der Waals surface area contributed by atoms with Gasteiger partial charge in [-0.3, -0.25) is 4.90 Å². The Morgan fingerprint density at radius 1 is 1.28 bits per heavy atom. The fraction of sp³-hybridized carbons (Fsp3) is 0.500. The highest BCUT2D eigenvalue weighted by Gasteiger charge is 2.20. The molecule has 0 radical (unpaired) electrons. The van der Waals surface area contributed by atoms with Gasteiger partial charge in [0.2, 0.25) is 0 Å². The third-order valence-electron chi connectivity index (χ3n) is 3.49. The Hall–Kier alpha value is -1.55. The minimum absolute atomic E-state index is 0.0178. The second-order valence-electron chi connectivity index (χ2n) is 4.92. The van der Waals surface area contributed by atoms with Crippen LogP contribution in [0.3, 0.4) is 0 Å². The molecule has 1 aliphatic rings. The molecule has 1 saturated heterocycles. The Kier molecular flexibility index (Phi) is 4.20. The Morgan fingerprint density at radius 3 is 2.50 bits per heavy atom. The van der Waals surface area contributed by atoms with Crippen LogP contribution in [0.15, 0.2) is 30.3 Å². The van der Waals surface area contributed by atoms with Crippen molar-refractivity contribution in [3.05, 3.63) is 30.3 Å². The van der Waals surface area contributed by atoms with Gasteiger partial charge in [0.15, 0.2) is 0 Å². The van der Waals surface area contributed by atoms with Crippen LogP contribution in [-0.2, 0) is 0 Å². The lowest BCUT2D eigenvalue weighted by molar-refractivity contribution is 0.218. The van der Waals surface area contributed by atoms with E-state index in [2.05, 4.69) is 17.3 Å². The molecule has 0 atom stereocenters. The van der Waals surface area contributed by atoms with Crippen molar-refractivity contribution in [3.8, 4) is 0 Å². The predicted molar refractivity (Wildman–Crippen MR) is 73.9 cm³/mol. The van der Waals surface area contributed by atoms with Gasteiger partial charge in [-0.25, -0.2) is 4.79 Å². The SMILES string of the molecule is CN1CCC(NC(=O)N(C)c2ccccc2)CC1. The van der Waals surface area contributed by atoms with Crippen LogP contribution in [0.4, 0.5) is 10.5 Å². The van der Waals surface area contributed by atoms with E-state index in [0.29, 0.717) is 6.04 Å². The molecule has 0 spiro atoms. The first-order valence-electron chi connectivity index (χ1n) is 6.44. The van der Waals surface area contributed by atoms with Crippen LogP contribution in [0.2, 0.25) is 0 Å². The summed E-state index contributed by atoms with van der Waals surface area (Å²) >= 11 is 0. The molecule has 2 rings (SSSR count). The zero-order chi connectivity index (χ0) is 13.0. The van der Waals surface area contributed by atoms with Crippen molar-refractivity contribution in [1.82, 2.24) is 10.2 Å². The summed E-state index contributed by atoms with van der Waals surface area (Å²) in [7, 11) is 3.92. The number of amides is 2. The second kappa shape index (κ2) is 5.87. The van der Waals surface area contributed by atoms with E-state index in [0.717, 1.165) is 31.6 Å². The lowest BCUT2D eigenvalue weighted by Gasteiger charge is -2.30. The highest BCUT2D eigenvalue weighted by Crippen LogP contribution is 2.13. The van der Waals surface area contributed by atoms with E-state index in [1.54, 1.807) is 11.9 Å². The third kappa shape index (κ3) is 3.23. The predicted octanol–water partition coefficient (Wildman–Crippen LogP) is 1.93. The van der Waals surface area contributed by atoms with Gasteiger partial charge < -0.3 is 10.2 Å². The number of urea groups is 1. The molecule has 0 saturated carbocycles. The van der Waals surface area contributed by atoms with E-state index >= 15 is 0 Å². The van der Waals surface area contributed by atoms with Crippen LogP contribution in [-0.4, -0.2) is 44.2 Å². The van der Waals surface area contributed by atoms with Crippen LogP contribution in [0.5, 0.6) is 0 Å². The number of nitrogens with zero attached hydrogens (tertiary/aromatic N) is 2. The molecule has 1 N–H and O–H groups in total. The summed E-state index contributed by atoms with van der Waals surface area (Å²) in [6.45, 7) is 2.11. The molecule has 0 bridgehead atoms. The maximum atomic E-state index is 12.1. The molecule has 1 heterocycles. The number of hydrogen-bond donors (Lipinski definition) is 1. The van der Waals surface area contributed by atoms with Crippen LogP contribution < -0.4 is 10.2 Å². The van der Waals surface area contributed by atoms with Crippen molar-refractivity contribution >= 4 is 11.7 Å². The summed E-state index contributed by atoms with van der Waals surface area (Å²) in [4.78, 5) is 16.1. The van der Waals surface area contributed by atoms with E-state index in [-0.39, 0.29) is 6.03 Å². The molecular formula is C14H21N3O. The summed E-state index contributed by atoms with van der Waals surface area (Å²) in [5, 5.41) is 3.10. The second-order valence-corrected chi connectivity index (χ2v) is 4.92. The van der Waals surface area contributed by atoms with Crippen LogP contribution in [0.1, 0.15) is 12.8 Å². The zero-order valence-corrected chi connectivity index (χ0v) is 11.1. The van der Waals surface area contributed by atoms with E-state index < -0.39 is 0 Å². The number of carbonyl (C=O) groups is 1. The van der Waals surface area contributed by atoms with E-state index in [4.69, 9.17) is 0 Å². The highest BCUT2D eigenvalue weighted by molar-refractivity contribution is 5.91. The van der Waals surface area contributed by atoms with E-state index in [1.807, 2.05) is 30.3 Å². The van der Waals surface area contributed by atoms with Crippen molar-refractivity contribution in [2.45, 2.75) is 18.9 Å². The van der Waals surface area contributed by atoms with Gasteiger partial charge in [-0.15, -0.1) is 0 Å². The first kappa shape index (κ1) is 12.9. The van der Waals surface area contributed by atoms with Crippen molar-refractivity contribution in [2.75, 3.05) is 32.1 Å². The standard InChI is InChI=1S/C14H21N3O/c1-16-10-8-12(9-11-16)15-14(18)17(2)13-6-4-3-5-7-13/h3-7,12H,8-11H2,1-2H3,(H,15,18). The highest BCUT2D eigenvalue weighted by atomic mass is 16.2. The number of likely N-dealkylation sites (tertiary alicyclic amines) is 1. The smallest absolute Gasteiger partial charge is 0.321 e. The van der Waals surface area contributed by atoms with Gasteiger partial charge in [0.1, 0.15) is 0 Å². The number of anilines is 1. The monoisotopic (exact) mass is 247 g/mol. The molecule has 4 nitrogen and oxygen atoms in total. The molecule has 98 valence electrons. The van der Waals surface area contributed by atoms with Gasteiger partial charge in [0.25, 0.3) is 0 Å². The lowest BCUT2D eigenvalue weighted by Crippen LogP contribution is -2.47. The van der Waals surface area contributed by atoms with Crippen LogP contribution >= 0.6 is 0 Å². The molecule has 1 aromatic rings. The van der Waals surface area contributed by atoms with Crippen molar-refractivity contribution in [1.29, 1.82) is 0 Å². The first-order chi connectivity index (χ1) is 8.66. The average Bonchev–Trinajstić information content (AvgIpc) is 2.41. The van der Waals surface area contributed by atoms with E-state index in [9.17, 15) is 4.79 Å². The first-order valence-corrected chi connectivity index (χ1v) is 6.44. The number of rotatable bonds is 2. The van der Waals surface area contributed by atoms with Gasteiger partial charge in [0, 0.05) is 18.8 Å². The molecule has 0 aromatic heterocycles. The number of nitrogens with one attached hydrogen (secondary N) is 1. The minimum atomic E-state index is -0.0178. The number of para-hydroxylation sites is 1. The summed E-state index contributed by atoms with van der Waals surface area (Å²) in [5.74, 6) is 0. The fourth-order valence-electron chi connectivity index (χ4n) is 2.19. The average molecular weight is 247 g/mol. The Bertz CT molecular complexity index is 385. The van der Waals surface area contributed by atoms with Gasteiger partial charge in [-0.1, -0.05) is 18.2 Å². The van der Waals surface area contributed by atoms with Crippen LogP contribution in [0, 0.1) is 0 Å². The van der Waals surface area contributed by atoms with Crippen molar-refractivity contribution in [3.63, 3.8) is 0 Å². The molecule has 0 aliphatic carbocycles. The number of hydrogen-bond acceptors (Lipinski definition) is 2. The number of carbonyl (C=O) groups excluding carboxylic acids is 1. The summed E-state index contributed by atoms with van der Waals surface area (Å²) in [6, 6.07) is 9.99. The molecule has 1 aromatic carbocycles. The molecule has 4 heteroatoms. The largest absolute Gasteiger partial charge is 0.335 e. The molecule has 1 aliphatic heterocycles. The topological polar surface area (TPSA) is 35.6 Å². The fourth-order valence-corrected chi connectivity index (χ4v) is 2.19. The Labute approximate surface area is 109 Å². The number of piperidine rings is 1. The summed E-state index contributed by atoms with van der Waals surface area (Å²) < 4.78 is 0.